The van der Waals surface area contributed by atoms with Gasteiger partial charge in [0.1, 0.15) is 0 Å². The molecule has 0 aromatic carbocycles. The van der Waals surface area contributed by atoms with Crippen molar-refractivity contribution in [2.24, 2.45) is 17.8 Å². The Hall–Kier alpha value is -0.610. The predicted molar refractivity (Wildman–Crippen MR) is 78.2 cm³/mol. The maximum atomic E-state index is 12.3. The van der Waals surface area contributed by atoms with E-state index < -0.39 is 0 Å². The second kappa shape index (κ2) is 6.44. The zero-order chi connectivity index (χ0) is 13.9. The molecule has 0 spiro atoms. The third-order valence-electron chi connectivity index (χ3n) is 5.77. The van der Waals surface area contributed by atoms with Crippen molar-refractivity contribution in [2.75, 3.05) is 13.2 Å². The summed E-state index contributed by atoms with van der Waals surface area (Å²) in [5, 5.41) is 16.0. The molecule has 3 fully saturated rings. The van der Waals surface area contributed by atoms with Gasteiger partial charge in [-0.2, -0.15) is 0 Å². The first kappa shape index (κ1) is 14.3. The van der Waals surface area contributed by atoms with Crippen LogP contribution >= 0.6 is 0 Å². The van der Waals surface area contributed by atoms with E-state index in [1.807, 2.05) is 0 Å². The van der Waals surface area contributed by atoms with Crippen molar-refractivity contribution in [3.05, 3.63) is 0 Å². The fraction of sp³-hybridized carbons (Fsp3) is 0.938. The average Bonchev–Trinajstić information content (AvgIpc) is 3.10. The zero-order valence-electron chi connectivity index (χ0n) is 12.3. The van der Waals surface area contributed by atoms with Gasteiger partial charge in [-0.25, -0.2) is 0 Å². The molecule has 3 aliphatic rings. The first-order chi connectivity index (χ1) is 9.78. The minimum atomic E-state index is 0.0251. The molecule has 20 heavy (non-hydrogen) atoms. The van der Waals surface area contributed by atoms with Crippen molar-refractivity contribution >= 4 is 5.91 Å². The minimum Gasteiger partial charge on any atom is -0.396 e. The summed E-state index contributed by atoms with van der Waals surface area (Å²) < 4.78 is 0. The molecule has 0 aromatic heterocycles. The number of aliphatic hydroxyl groups is 1. The van der Waals surface area contributed by atoms with Crippen LogP contribution in [0.4, 0.5) is 0 Å². The smallest absolute Gasteiger partial charge is 0.237 e. The van der Waals surface area contributed by atoms with Gasteiger partial charge in [-0.3, -0.25) is 4.79 Å². The molecule has 1 saturated heterocycles. The van der Waals surface area contributed by atoms with E-state index in [-0.39, 0.29) is 18.6 Å². The van der Waals surface area contributed by atoms with E-state index in [1.165, 1.54) is 32.1 Å². The van der Waals surface area contributed by atoms with E-state index >= 15 is 0 Å². The monoisotopic (exact) mass is 280 g/mol. The Bertz CT molecular complexity index is 333. The van der Waals surface area contributed by atoms with Crippen LogP contribution in [0.3, 0.4) is 0 Å². The van der Waals surface area contributed by atoms with Gasteiger partial charge >= 0.3 is 0 Å². The summed E-state index contributed by atoms with van der Waals surface area (Å²) in [5.41, 5.74) is 0. The summed E-state index contributed by atoms with van der Waals surface area (Å²) in [4.78, 5) is 12.3. The van der Waals surface area contributed by atoms with Gasteiger partial charge in [-0.1, -0.05) is 19.3 Å². The molecular formula is C16H28N2O2. The van der Waals surface area contributed by atoms with Gasteiger partial charge in [0.25, 0.3) is 0 Å². The van der Waals surface area contributed by atoms with Crippen LogP contribution in [0, 0.1) is 17.8 Å². The van der Waals surface area contributed by atoms with Gasteiger partial charge in [-0.05, 0) is 49.9 Å². The number of nitrogens with one attached hydrogen (secondary N) is 2. The van der Waals surface area contributed by atoms with Crippen LogP contribution in [0.5, 0.6) is 0 Å². The predicted octanol–water partition coefficient (Wildman–Crippen LogP) is 1.43. The van der Waals surface area contributed by atoms with Gasteiger partial charge in [0.05, 0.1) is 6.04 Å². The highest BCUT2D eigenvalue weighted by Gasteiger charge is 2.38. The van der Waals surface area contributed by atoms with Crippen molar-refractivity contribution < 1.29 is 9.90 Å². The molecule has 0 radical (unpaired) electrons. The number of fused-ring (bicyclic) bond motifs is 1. The molecule has 1 heterocycles. The molecule has 1 amide bonds. The van der Waals surface area contributed by atoms with Crippen molar-refractivity contribution in [3.8, 4) is 0 Å². The Morgan fingerprint density at radius 1 is 1.10 bits per heavy atom. The van der Waals surface area contributed by atoms with Crippen LogP contribution in [-0.2, 0) is 4.79 Å². The first-order valence-electron chi connectivity index (χ1n) is 8.42. The van der Waals surface area contributed by atoms with Crippen LogP contribution in [0.1, 0.15) is 51.4 Å². The fourth-order valence-electron chi connectivity index (χ4n) is 4.50. The van der Waals surface area contributed by atoms with Crippen molar-refractivity contribution in [1.29, 1.82) is 0 Å². The lowest BCUT2D eigenvalue weighted by atomic mass is 9.85. The third kappa shape index (κ3) is 3.01. The number of hydrogen-bond donors (Lipinski definition) is 3. The van der Waals surface area contributed by atoms with E-state index in [4.69, 9.17) is 0 Å². The van der Waals surface area contributed by atoms with Crippen molar-refractivity contribution in [2.45, 2.75) is 63.5 Å². The molecule has 0 aromatic rings. The maximum Gasteiger partial charge on any atom is 0.237 e. The SMILES string of the molecule is O=C(NCC1CCCC1CO)C1CC2CCCCC2N1. The van der Waals surface area contributed by atoms with Crippen LogP contribution in [0.25, 0.3) is 0 Å². The zero-order valence-corrected chi connectivity index (χ0v) is 12.3. The van der Waals surface area contributed by atoms with Crippen LogP contribution in [-0.4, -0.2) is 36.2 Å². The van der Waals surface area contributed by atoms with Gasteiger partial charge < -0.3 is 15.7 Å². The Labute approximate surface area is 121 Å². The molecule has 0 bridgehead atoms. The number of amides is 1. The molecule has 2 aliphatic carbocycles. The Morgan fingerprint density at radius 3 is 2.70 bits per heavy atom. The first-order valence-corrected chi connectivity index (χ1v) is 8.42. The summed E-state index contributed by atoms with van der Waals surface area (Å²) in [7, 11) is 0. The highest BCUT2D eigenvalue weighted by molar-refractivity contribution is 5.82. The molecule has 2 saturated carbocycles. The number of carbonyl (C=O) groups is 1. The van der Waals surface area contributed by atoms with Gasteiger partial charge in [-0.15, -0.1) is 0 Å². The van der Waals surface area contributed by atoms with E-state index in [1.54, 1.807) is 0 Å². The summed E-state index contributed by atoms with van der Waals surface area (Å²) in [6.07, 6.45) is 9.64. The summed E-state index contributed by atoms with van der Waals surface area (Å²) in [5.74, 6) is 1.78. The standard InChI is InChI=1S/C16H28N2O2/c19-10-13-6-3-5-12(13)9-17-16(20)15-8-11-4-1-2-7-14(11)18-15/h11-15,18-19H,1-10H2,(H,17,20). The lowest BCUT2D eigenvalue weighted by Crippen LogP contribution is -2.44. The van der Waals surface area contributed by atoms with E-state index in [9.17, 15) is 9.90 Å². The molecule has 5 atom stereocenters. The summed E-state index contributed by atoms with van der Waals surface area (Å²) in [6.45, 7) is 1.02. The lowest BCUT2D eigenvalue weighted by molar-refractivity contribution is -0.123. The molecule has 3 rings (SSSR count). The molecule has 1 aliphatic heterocycles. The second-order valence-electron chi connectivity index (χ2n) is 6.98. The number of carbonyl (C=O) groups excluding carboxylic acids is 1. The molecular weight excluding hydrogens is 252 g/mol. The average molecular weight is 280 g/mol. The van der Waals surface area contributed by atoms with Crippen LogP contribution in [0.15, 0.2) is 0 Å². The highest BCUT2D eigenvalue weighted by atomic mass is 16.3. The number of hydrogen-bond acceptors (Lipinski definition) is 3. The third-order valence-corrected chi connectivity index (χ3v) is 5.77. The lowest BCUT2D eigenvalue weighted by Gasteiger charge is -2.24. The summed E-state index contributed by atoms with van der Waals surface area (Å²) in [6, 6.07) is 0.605. The summed E-state index contributed by atoms with van der Waals surface area (Å²) >= 11 is 0. The number of rotatable bonds is 4. The van der Waals surface area contributed by atoms with Gasteiger partial charge in [0, 0.05) is 19.2 Å². The van der Waals surface area contributed by atoms with E-state index in [2.05, 4.69) is 10.6 Å². The Kier molecular flexibility index (Phi) is 4.61. The Balaban J connectivity index is 1.45. The van der Waals surface area contributed by atoms with Crippen LogP contribution < -0.4 is 10.6 Å². The normalized spacial score (nSPS) is 40.5. The molecule has 5 unspecified atom stereocenters. The largest absolute Gasteiger partial charge is 0.396 e. The molecule has 3 N–H and O–H groups in total. The van der Waals surface area contributed by atoms with E-state index in [0.717, 1.165) is 31.7 Å². The minimum absolute atomic E-state index is 0.0251. The van der Waals surface area contributed by atoms with E-state index in [0.29, 0.717) is 17.9 Å². The van der Waals surface area contributed by atoms with Gasteiger partial charge in [0.2, 0.25) is 5.91 Å². The quantitative estimate of drug-likeness (QED) is 0.730. The fourth-order valence-corrected chi connectivity index (χ4v) is 4.50. The second-order valence-corrected chi connectivity index (χ2v) is 6.98. The highest BCUT2D eigenvalue weighted by Crippen LogP contribution is 2.33. The number of aliphatic hydroxyl groups excluding tert-OH is 1. The van der Waals surface area contributed by atoms with Crippen molar-refractivity contribution in [1.82, 2.24) is 10.6 Å². The maximum absolute atomic E-state index is 12.3. The van der Waals surface area contributed by atoms with Gasteiger partial charge in [0.15, 0.2) is 0 Å². The molecule has 4 heteroatoms. The molecule has 114 valence electrons. The van der Waals surface area contributed by atoms with Crippen LogP contribution in [0.2, 0.25) is 0 Å². The Morgan fingerprint density at radius 2 is 1.90 bits per heavy atom. The van der Waals surface area contributed by atoms with Crippen molar-refractivity contribution in [3.63, 3.8) is 0 Å². The molecule has 4 nitrogen and oxygen atoms in total. The topological polar surface area (TPSA) is 61.4 Å².